The van der Waals surface area contributed by atoms with E-state index in [0.717, 1.165) is 5.41 Å². The molecule has 8 heavy (non-hydrogen) atoms. The van der Waals surface area contributed by atoms with E-state index in [1.807, 2.05) is 0 Å². The molecule has 0 amide bonds. The molecule has 0 radical (unpaired) electrons. The fourth-order valence-electron chi connectivity index (χ4n) is 0.290. The Balaban J connectivity index is 0.000000490. The normalized spacial score (nSPS) is 20.5. The maximum absolute atomic E-state index is 10.1. The molecule has 5 heteroatoms. The van der Waals surface area contributed by atoms with Gasteiger partial charge < -0.3 is 0 Å². The molecule has 1 aliphatic rings. The van der Waals surface area contributed by atoms with Crippen LogP contribution in [0.25, 0.3) is 0 Å². The van der Waals surface area contributed by atoms with Crippen molar-refractivity contribution < 1.29 is 8.42 Å². The van der Waals surface area contributed by atoms with Crippen LogP contribution in [0.1, 0.15) is 0 Å². The third-order valence-electron chi connectivity index (χ3n) is 0.544. The fourth-order valence-corrected chi connectivity index (χ4v) is 0.869. The minimum absolute atomic E-state index is 0. The van der Waals surface area contributed by atoms with Crippen LogP contribution in [0.15, 0.2) is 15.9 Å². The van der Waals surface area contributed by atoms with Crippen LogP contribution in [0.4, 0.5) is 0 Å². The molecule has 46 valence electrons. The molecule has 0 bridgehead atoms. The Morgan fingerprint density at radius 1 is 1.38 bits per heavy atom. The van der Waals surface area contributed by atoms with Crippen molar-refractivity contribution in [2.45, 2.75) is 0 Å². The van der Waals surface area contributed by atoms with Gasteiger partial charge in [0, 0.05) is 6.21 Å². The molecular formula is C3H4ClNO2S. The number of allylic oxidation sites excluding steroid dienone is 1. The van der Waals surface area contributed by atoms with Gasteiger partial charge in [-0.3, -0.25) is 0 Å². The number of nitrogens with zero attached hydrogens (tertiary/aromatic N) is 1. The smallest absolute Gasteiger partial charge is 0.200 e. The van der Waals surface area contributed by atoms with Crippen molar-refractivity contribution >= 4 is 28.6 Å². The van der Waals surface area contributed by atoms with Crippen molar-refractivity contribution in [1.29, 1.82) is 0 Å². The molecule has 0 aromatic heterocycles. The highest BCUT2D eigenvalue weighted by Crippen LogP contribution is 1.97. The molecule has 3 nitrogen and oxygen atoms in total. The third kappa shape index (κ3) is 1.63. The van der Waals surface area contributed by atoms with Crippen LogP contribution in [0.3, 0.4) is 0 Å². The first-order valence-electron chi connectivity index (χ1n) is 1.68. The molecule has 0 aromatic rings. The molecule has 0 saturated heterocycles. The van der Waals surface area contributed by atoms with Crippen molar-refractivity contribution in [2.24, 2.45) is 4.40 Å². The highest BCUT2D eigenvalue weighted by Gasteiger charge is 2.01. The van der Waals surface area contributed by atoms with Gasteiger partial charge in [0.1, 0.15) is 0 Å². The Morgan fingerprint density at radius 2 is 2.00 bits per heavy atom. The lowest BCUT2D eigenvalue weighted by atomic mass is 10.7. The van der Waals surface area contributed by atoms with Gasteiger partial charge in [0.05, 0.1) is 5.41 Å². The van der Waals surface area contributed by atoms with E-state index in [1.165, 1.54) is 12.3 Å². The Morgan fingerprint density at radius 3 is 2.12 bits per heavy atom. The summed E-state index contributed by atoms with van der Waals surface area (Å²) in [4.78, 5) is 0. The van der Waals surface area contributed by atoms with Gasteiger partial charge in [-0.15, -0.1) is 12.4 Å². The van der Waals surface area contributed by atoms with Crippen LogP contribution < -0.4 is 0 Å². The summed E-state index contributed by atoms with van der Waals surface area (Å²) in [6, 6.07) is 0. The highest BCUT2D eigenvalue weighted by molar-refractivity contribution is 7.93. The predicted molar refractivity (Wildman–Crippen MR) is 33.8 cm³/mol. The van der Waals surface area contributed by atoms with E-state index in [1.54, 1.807) is 0 Å². The molecule has 0 atom stereocenters. The molecule has 0 aromatic carbocycles. The zero-order valence-electron chi connectivity index (χ0n) is 3.81. The Kier molecular flexibility index (Phi) is 2.18. The number of hydrogen-bond donors (Lipinski definition) is 0. The second-order valence-electron chi connectivity index (χ2n) is 1.10. The Labute approximate surface area is 53.6 Å². The average molecular weight is 154 g/mol. The summed E-state index contributed by atoms with van der Waals surface area (Å²) in [6.45, 7) is 0. The number of hydrogen-bond acceptors (Lipinski definition) is 2. The SMILES string of the molecule is Cl.O=S1(=O)C=CC=N1. The molecular weight excluding hydrogens is 150 g/mol. The largest absolute Gasteiger partial charge is 0.275 e. The van der Waals surface area contributed by atoms with Crippen LogP contribution in [-0.2, 0) is 10.0 Å². The standard InChI is InChI=1S/C3H3NO2S.ClH/c5-7(6)3-1-2-4-7;/h1-3H;1H. The molecule has 0 N–H and O–H groups in total. The Hall–Kier alpha value is -0.350. The number of halogens is 1. The molecule has 0 aliphatic carbocycles. The van der Waals surface area contributed by atoms with Crippen molar-refractivity contribution in [3.63, 3.8) is 0 Å². The van der Waals surface area contributed by atoms with Crippen molar-refractivity contribution in [3.8, 4) is 0 Å². The van der Waals surface area contributed by atoms with Gasteiger partial charge in [0.15, 0.2) is 0 Å². The van der Waals surface area contributed by atoms with Crippen molar-refractivity contribution in [3.05, 3.63) is 11.5 Å². The monoisotopic (exact) mass is 153 g/mol. The van der Waals surface area contributed by atoms with E-state index in [2.05, 4.69) is 4.40 Å². The van der Waals surface area contributed by atoms with Crippen molar-refractivity contribution in [2.75, 3.05) is 0 Å². The lowest BCUT2D eigenvalue weighted by Crippen LogP contribution is -1.80. The first kappa shape index (κ1) is 7.65. The molecule has 0 spiro atoms. The van der Waals surface area contributed by atoms with E-state index in [0.29, 0.717) is 0 Å². The average Bonchev–Trinajstić information content (AvgIpc) is 1.84. The van der Waals surface area contributed by atoms with Gasteiger partial charge in [-0.1, -0.05) is 0 Å². The summed E-state index contributed by atoms with van der Waals surface area (Å²) >= 11 is 0. The van der Waals surface area contributed by atoms with Crippen LogP contribution in [0, 0.1) is 0 Å². The van der Waals surface area contributed by atoms with Gasteiger partial charge in [0.25, 0.3) is 10.0 Å². The van der Waals surface area contributed by atoms with Crippen LogP contribution >= 0.6 is 12.4 Å². The Bertz CT molecular complexity index is 197. The zero-order valence-corrected chi connectivity index (χ0v) is 5.45. The van der Waals surface area contributed by atoms with Crippen LogP contribution in [0.5, 0.6) is 0 Å². The first-order chi connectivity index (χ1) is 3.21. The molecule has 0 fully saturated rings. The molecule has 0 saturated carbocycles. The summed E-state index contributed by atoms with van der Waals surface area (Å²) in [5.74, 6) is 0. The van der Waals surface area contributed by atoms with Gasteiger partial charge >= 0.3 is 0 Å². The molecule has 0 unspecified atom stereocenters. The minimum atomic E-state index is -3.16. The summed E-state index contributed by atoms with van der Waals surface area (Å²) in [5.41, 5.74) is 0. The maximum Gasteiger partial charge on any atom is 0.275 e. The van der Waals surface area contributed by atoms with Gasteiger partial charge in [0.2, 0.25) is 0 Å². The number of sulfonamides is 1. The quantitative estimate of drug-likeness (QED) is 0.504. The van der Waals surface area contributed by atoms with Gasteiger partial charge in [-0.2, -0.15) is 12.8 Å². The van der Waals surface area contributed by atoms with E-state index in [4.69, 9.17) is 0 Å². The highest BCUT2D eigenvalue weighted by atomic mass is 35.5. The zero-order chi connectivity index (χ0) is 5.33. The summed E-state index contributed by atoms with van der Waals surface area (Å²) in [5, 5.41) is 1.05. The number of rotatable bonds is 0. The second kappa shape index (κ2) is 2.28. The first-order valence-corrected chi connectivity index (χ1v) is 3.18. The lowest BCUT2D eigenvalue weighted by Gasteiger charge is -1.73. The summed E-state index contributed by atoms with van der Waals surface area (Å²) in [6.07, 6.45) is 2.63. The minimum Gasteiger partial charge on any atom is -0.200 e. The molecule has 1 heterocycles. The van der Waals surface area contributed by atoms with Crippen LogP contribution in [0.2, 0.25) is 0 Å². The van der Waals surface area contributed by atoms with Gasteiger partial charge in [-0.25, -0.2) is 0 Å². The van der Waals surface area contributed by atoms with E-state index in [9.17, 15) is 8.42 Å². The maximum atomic E-state index is 10.1. The molecule has 1 aliphatic heterocycles. The predicted octanol–water partition coefficient (Wildman–Crippen LogP) is 0.336. The lowest BCUT2D eigenvalue weighted by molar-refractivity contribution is 0.607. The van der Waals surface area contributed by atoms with Gasteiger partial charge in [-0.05, 0) is 6.08 Å². The van der Waals surface area contributed by atoms with E-state index < -0.39 is 10.0 Å². The fraction of sp³-hybridized carbons (Fsp3) is 0. The third-order valence-corrected chi connectivity index (χ3v) is 1.46. The second-order valence-corrected chi connectivity index (χ2v) is 2.61. The topological polar surface area (TPSA) is 46.5 Å². The van der Waals surface area contributed by atoms with E-state index in [-0.39, 0.29) is 12.4 Å². The summed E-state index contributed by atoms with van der Waals surface area (Å²) in [7, 11) is -3.16. The van der Waals surface area contributed by atoms with Crippen LogP contribution in [-0.4, -0.2) is 14.6 Å². The molecule has 1 rings (SSSR count). The summed E-state index contributed by atoms with van der Waals surface area (Å²) < 4.78 is 23.4. The van der Waals surface area contributed by atoms with Crippen molar-refractivity contribution in [1.82, 2.24) is 0 Å². The van der Waals surface area contributed by atoms with E-state index >= 15 is 0 Å².